The van der Waals surface area contributed by atoms with Crippen LogP contribution in [0.5, 0.6) is 5.75 Å². The lowest BCUT2D eigenvalue weighted by atomic mass is 9.68. The first kappa shape index (κ1) is 34.6. The zero-order valence-electron chi connectivity index (χ0n) is 28.4. The van der Waals surface area contributed by atoms with Crippen molar-refractivity contribution in [1.29, 1.82) is 0 Å². The average Bonchev–Trinajstić information content (AvgIpc) is 3.25. The van der Waals surface area contributed by atoms with Gasteiger partial charge >= 0.3 is 0 Å². The Morgan fingerprint density at radius 2 is 2.08 bits per heavy atom. The number of nitrogens with zero attached hydrogens (tertiary/aromatic N) is 4. The molecular weight excluding hydrogens is 674 g/mol. The third-order valence-electron chi connectivity index (χ3n) is 10.8. The number of aryl methyl sites for hydroxylation is 2. The Kier molecular flexibility index (Phi) is 10.3. The summed E-state index contributed by atoms with van der Waals surface area (Å²) in [4.78, 5) is 37.4. The summed E-state index contributed by atoms with van der Waals surface area (Å²) in [6.07, 6.45) is 13.8. The molecule has 2 aliphatic carbocycles. The number of hydrogen-bond donors (Lipinski definition) is 1. The molecule has 1 saturated carbocycles. The van der Waals surface area contributed by atoms with Crippen LogP contribution in [0.25, 0.3) is 0 Å². The van der Waals surface area contributed by atoms with E-state index >= 15 is 0 Å². The summed E-state index contributed by atoms with van der Waals surface area (Å²) in [5.74, 6) is 0.412. The predicted molar refractivity (Wildman–Crippen MR) is 194 cm³/mol. The van der Waals surface area contributed by atoms with Gasteiger partial charge in [0.2, 0.25) is 5.91 Å². The summed E-state index contributed by atoms with van der Waals surface area (Å²) in [7, 11) is -1.66. The largest absolute Gasteiger partial charge is 0.490 e. The van der Waals surface area contributed by atoms with E-state index in [9.17, 15) is 13.8 Å². The number of carbonyl (C=O) groups excluding carboxylic acids is 2. The van der Waals surface area contributed by atoms with Gasteiger partial charge in [-0.25, -0.2) is 14.2 Å². The summed E-state index contributed by atoms with van der Waals surface area (Å²) in [5.41, 5.74) is 4.11. The smallest absolute Gasteiger partial charge is 0.286 e. The fourth-order valence-electron chi connectivity index (χ4n) is 8.05. The van der Waals surface area contributed by atoms with Gasteiger partial charge in [0.15, 0.2) is 0 Å². The molecule has 3 heterocycles. The summed E-state index contributed by atoms with van der Waals surface area (Å²) in [6, 6.07) is 13.3. The number of allylic oxidation sites excluding steroid dienone is 1. The van der Waals surface area contributed by atoms with Crippen LogP contribution in [0.2, 0.25) is 5.02 Å². The minimum absolute atomic E-state index is 0.0398. The molecule has 10 nitrogen and oxygen atoms in total. The molecule has 2 amide bonds. The van der Waals surface area contributed by atoms with E-state index in [1.54, 1.807) is 25.4 Å². The van der Waals surface area contributed by atoms with Crippen LogP contribution in [-0.4, -0.2) is 64.7 Å². The fraction of sp³-hybridized carbons (Fsp3) is 0.474. The van der Waals surface area contributed by atoms with Crippen LogP contribution >= 0.6 is 11.6 Å². The van der Waals surface area contributed by atoms with Crippen molar-refractivity contribution >= 4 is 39.0 Å². The second kappa shape index (κ2) is 14.8. The Balaban J connectivity index is 1.24. The van der Waals surface area contributed by atoms with Gasteiger partial charge in [0.05, 0.1) is 24.2 Å². The summed E-state index contributed by atoms with van der Waals surface area (Å²) < 4.78 is 33.7. The highest BCUT2D eigenvalue weighted by atomic mass is 35.5. The molecule has 2 aliphatic heterocycles. The van der Waals surface area contributed by atoms with Gasteiger partial charge in [-0.05, 0) is 111 Å². The topological polar surface area (TPSA) is 123 Å². The Labute approximate surface area is 299 Å². The van der Waals surface area contributed by atoms with Gasteiger partial charge < -0.3 is 14.4 Å². The maximum Gasteiger partial charge on any atom is 0.286 e. The predicted octanol–water partition coefficient (Wildman–Crippen LogP) is 6.27. The van der Waals surface area contributed by atoms with Crippen molar-refractivity contribution in [3.05, 3.63) is 94.5 Å². The average molecular weight is 718 g/mol. The second-order valence-electron chi connectivity index (χ2n) is 14.0. The van der Waals surface area contributed by atoms with Gasteiger partial charge in [0, 0.05) is 54.5 Å². The number of fused-ring (bicyclic) bond motifs is 4. The Bertz CT molecular complexity index is 1900. The number of halogens is 1. The van der Waals surface area contributed by atoms with Crippen molar-refractivity contribution in [3.8, 4) is 5.75 Å². The van der Waals surface area contributed by atoms with Gasteiger partial charge in [0.25, 0.3) is 5.91 Å². The van der Waals surface area contributed by atoms with E-state index in [0.29, 0.717) is 54.7 Å². The van der Waals surface area contributed by atoms with Gasteiger partial charge in [-0.3, -0.25) is 14.3 Å². The van der Waals surface area contributed by atoms with Gasteiger partial charge in [-0.15, -0.1) is 4.36 Å². The van der Waals surface area contributed by atoms with Crippen molar-refractivity contribution in [2.24, 2.45) is 16.2 Å². The first-order valence-corrected chi connectivity index (χ1v) is 19.7. The van der Waals surface area contributed by atoms with Crippen molar-refractivity contribution in [1.82, 2.24) is 14.7 Å². The monoisotopic (exact) mass is 717 g/mol. The number of ether oxygens (including phenoxy) is 2. The molecular formula is C38H44ClN5O5S. The van der Waals surface area contributed by atoms with E-state index in [1.165, 1.54) is 17.5 Å². The second-order valence-corrected chi connectivity index (χ2v) is 16.5. The quantitative estimate of drug-likeness (QED) is 0.307. The SMILES string of the molecule is CO[C@H]1/C=C\CCCS(=O)(NC(=O)CCc2ccncn2)=NC(=O)c2ccc3c(c2)N(C[C@@H]2CC[C@H]21)C[C@@]1(CCCc2cc(Cl)ccc21)CO3. The molecule has 4 aliphatic rings. The van der Waals surface area contributed by atoms with E-state index in [2.05, 4.69) is 48.2 Å². The lowest BCUT2D eigenvalue weighted by Gasteiger charge is -2.46. The van der Waals surface area contributed by atoms with Crippen LogP contribution in [0.4, 0.5) is 5.69 Å². The van der Waals surface area contributed by atoms with Gasteiger partial charge in [-0.2, -0.15) is 0 Å². The Hall–Kier alpha value is -3.80. The lowest BCUT2D eigenvalue weighted by Crippen LogP contribution is -2.49. The number of nitrogens with one attached hydrogen (secondary N) is 1. The minimum atomic E-state index is -3.43. The summed E-state index contributed by atoms with van der Waals surface area (Å²) in [5, 5.41) is 0.741. The molecule has 1 unspecified atom stereocenters. The Morgan fingerprint density at radius 1 is 1.18 bits per heavy atom. The van der Waals surface area contributed by atoms with E-state index in [4.69, 9.17) is 21.1 Å². The molecule has 12 heteroatoms. The molecule has 1 aromatic heterocycles. The number of aromatic nitrogens is 2. The number of hydrogen-bond acceptors (Lipinski definition) is 8. The molecule has 50 heavy (non-hydrogen) atoms. The molecule has 2 aromatic carbocycles. The molecule has 1 spiro atoms. The van der Waals surface area contributed by atoms with Crippen LogP contribution in [-0.2, 0) is 37.7 Å². The van der Waals surface area contributed by atoms with Crippen LogP contribution in [0.1, 0.15) is 72.1 Å². The van der Waals surface area contributed by atoms with Gasteiger partial charge in [-0.1, -0.05) is 29.8 Å². The zero-order chi connectivity index (χ0) is 34.7. The first-order chi connectivity index (χ1) is 24.2. The van der Waals surface area contributed by atoms with Gasteiger partial charge in [0.1, 0.15) is 22.0 Å². The number of carbonyl (C=O) groups is 2. The molecule has 0 saturated heterocycles. The standard InChI is InChI=1S/C38H44ClN5O5S/c1-48-34-7-3-2-4-19-50(47,42-36(45)15-11-30-16-18-40-25-41-30)43-37(46)27-9-14-35-33(21-27)44(22-28-8-12-31(28)34)23-38(24-49-35)17-5-6-26-20-29(39)10-13-32(26)38/h3,7,9-10,13-14,16,18,20-21,25,28,31,34H,2,4-6,8,11-12,15,17,19,22-24H2,1H3,(H,42,43,45,46,47)/b7-3-/t28-,31+,34-,38-,50?/m0/s1. The lowest BCUT2D eigenvalue weighted by molar-refractivity contribution is -0.119. The minimum Gasteiger partial charge on any atom is -0.490 e. The third kappa shape index (κ3) is 7.45. The van der Waals surface area contributed by atoms with E-state index < -0.39 is 21.7 Å². The molecule has 5 atom stereocenters. The highest BCUT2D eigenvalue weighted by Gasteiger charge is 2.44. The summed E-state index contributed by atoms with van der Waals surface area (Å²) >= 11 is 6.45. The molecule has 264 valence electrons. The molecule has 0 radical (unpaired) electrons. The number of anilines is 1. The van der Waals surface area contributed by atoms with E-state index in [-0.39, 0.29) is 23.7 Å². The van der Waals surface area contributed by atoms with Crippen LogP contribution in [0, 0.1) is 11.8 Å². The zero-order valence-corrected chi connectivity index (χ0v) is 30.0. The van der Waals surface area contributed by atoms with Crippen molar-refractivity contribution in [2.45, 2.75) is 69.3 Å². The normalized spacial score (nSPS) is 28.6. The highest BCUT2D eigenvalue weighted by Crippen LogP contribution is 2.47. The van der Waals surface area contributed by atoms with Crippen LogP contribution in [0.3, 0.4) is 0 Å². The van der Waals surface area contributed by atoms with Crippen LogP contribution < -0.4 is 14.4 Å². The number of benzene rings is 2. The fourth-order valence-corrected chi connectivity index (χ4v) is 9.87. The highest BCUT2D eigenvalue weighted by molar-refractivity contribution is 7.92. The molecule has 2 bridgehead atoms. The molecule has 1 N–H and O–H groups in total. The maximum absolute atomic E-state index is 14.2. The number of methoxy groups -OCH3 is 1. The first-order valence-electron chi connectivity index (χ1n) is 17.6. The third-order valence-corrected chi connectivity index (χ3v) is 12.9. The molecule has 1 fully saturated rings. The Morgan fingerprint density at radius 3 is 2.88 bits per heavy atom. The number of rotatable bonds is 5. The van der Waals surface area contributed by atoms with Crippen LogP contribution in [0.15, 0.2) is 71.5 Å². The van der Waals surface area contributed by atoms with Crippen molar-refractivity contribution in [3.63, 3.8) is 0 Å². The van der Waals surface area contributed by atoms with E-state index in [0.717, 1.165) is 55.9 Å². The van der Waals surface area contributed by atoms with Crippen molar-refractivity contribution in [2.75, 3.05) is 37.5 Å². The number of amides is 2. The molecule has 7 rings (SSSR count). The maximum atomic E-state index is 14.2. The van der Waals surface area contributed by atoms with E-state index in [1.807, 2.05) is 18.2 Å². The molecule has 3 aromatic rings. The van der Waals surface area contributed by atoms with Crippen molar-refractivity contribution < 1.29 is 23.3 Å². The summed E-state index contributed by atoms with van der Waals surface area (Å²) in [6.45, 7) is 2.02.